The normalized spacial score (nSPS) is 12.2. The minimum atomic E-state index is -0.735. The van der Waals surface area contributed by atoms with E-state index in [0.717, 1.165) is 16.8 Å². The topological polar surface area (TPSA) is 49.3 Å². The van der Waals surface area contributed by atoms with Crippen molar-refractivity contribution in [2.24, 2.45) is 5.92 Å². The van der Waals surface area contributed by atoms with E-state index in [2.05, 4.69) is 5.32 Å². The quantitative estimate of drug-likeness (QED) is 0.803. The average Bonchev–Trinajstić information content (AvgIpc) is 2.22. The number of anilines is 1. The lowest BCUT2D eigenvalue weighted by atomic mass is 10.1. The first-order chi connectivity index (χ1) is 7.56. The molecule has 0 spiro atoms. The Balaban J connectivity index is 2.70. The van der Waals surface area contributed by atoms with Gasteiger partial charge in [0.05, 0.1) is 5.92 Å². The molecule has 2 N–H and O–H groups in total. The smallest absolute Gasteiger partial charge is 0.308 e. The van der Waals surface area contributed by atoms with Crippen LogP contribution in [0.2, 0.25) is 0 Å². The predicted molar refractivity (Wildman–Crippen MR) is 65.8 cm³/mol. The molecule has 0 saturated carbocycles. The maximum Gasteiger partial charge on any atom is 0.308 e. The van der Waals surface area contributed by atoms with Gasteiger partial charge >= 0.3 is 5.97 Å². The van der Waals surface area contributed by atoms with Crippen LogP contribution in [-0.4, -0.2) is 17.6 Å². The molecule has 1 rings (SSSR count). The van der Waals surface area contributed by atoms with Crippen molar-refractivity contribution in [1.82, 2.24) is 0 Å². The van der Waals surface area contributed by atoms with Gasteiger partial charge in [-0.1, -0.05) is 25.1 Å². The molecule has 0 aliphatic rings. The van der Waals surface area contributed by atoms with Crippen molar-refractivity contribution in [3.05, 3.63) is 29.3 Å². The number of carboxylic acids is 1. The molecule has 0 aromatic heterocycles. The Kier molecular flexibility index (Phi) is 4.35. The Morgan fingerprint density at radius 3 is 2.38 bits per heavy atom. The molecule has 0 aliphatic heterocycles. The van der Waals surface area contributed by atoms with Crippen LogP contribution < -0.4 is 5.32 Å². The van der Waals surface area contributed by atoms with Crippen molar-refractivity contribution < 1.29 is 9.90 Å². The zero-order chi connectivity index (χ0) is 12.1. The maximum atomic E-state index is 10.9. The molecule has 1 unspecified atom stereocenters. The second kappa shape index (κ2) is 5.54. The van der Waals surface area contributed by atoms with Gasteiger partial charge in [-0.15, -0.1) is 0 Å². The zero-order valence-electron chi connectivity index (χ0n) is 10.1. The third-order valence-electron chi connectivity index (χ3n) is 2.85. The fourth-order valence-corrected chi connectivity index (χ4v) is 1.72. The summed E-state index contributed by atoms with van der Waals surface area (Å²) < 4.78 is 0. The highest BCUT2D eigenvalue weighted by molar-refractivity contribution is 5.71. The van der Waals surface area contributed by atoms with Crippen molar-refractivity contribution in [3.63, 3.8) is 0 Å². The van der Waals surface area contributed by atoms with Crippen molar-refractivity contribution >= 4 is 11.7 Å². The van der Waals surface area contributed by atoms with E-state index in [-0.39, 0.29) is 5.92 Å². The number of benzene rings is 1. The molecular formula is C13H19NO2. The number of para-hydroxylation sites is 1. The number of hydrogen-bond acceptors (Lipinski definition) is 2. The van der Waals surface area contributed by atoms with Gasteiger partial charge in [-0.3, -0.25) is 4.79 Å². The molecule has 3 heteroatoms. The summed E-state index contributed by atoms with van der Waals surface area (Å²) in [7, 11) is 0. The Morgan fingerprint density at radius 2 is 1.94 bits per heavy atom. The second-order valence-corrected chi connectivity index (χ2v) is 4.09. The van der Waals surface area contributed by atoms with Gasteiger partial charge in [0.2, 0.25) is 0 Å². The molecule has 16 heavy (non-hydrogen) atoms. The molecule has 0 heterocycles. The number of aliphatic carboxylic acids is 1. The van der Waals surface area contributed by atoms with Crippen LogP contribution in [0.3, 0.4) is 0 Å². The largest absolute Gasteiger partial charge is 0.481 e. The van der Waals surface area contributed by atoms with E-state index < -0.39 is 5.97 Å². The van der Waals surface area contributed by atoms with Crippen LogP contribution in [0, 0.1) is 19.8 Å². The van der Waals surface area contributed by atoms with E-state index in [9.17, 15) is 4.79 Å². The number of rotatable bonds is 5. The number of nitrogens with one attached hydrogen (secondary N) is 1. The van der Waals surface area contributed by atoms with Crippen molar-refractivity contribution in [2.45, 2.75) is 27.2 Å². The van der Waals surface area contributed by atoms with E-state index >= 15 is 0 Å². The summed E-state index contributed by atoms with van der Waals surface area (Å²) in [5.41, 5.74) is 3.36. The Labute approximate surface area is 96.5 Å². The Bertz CT molecular complexity index is 354. The van der Waals surface area contributed by atoms with Gasteiger partial charge in [0.15, 0.2) is 0 Å². The van der Waals surface area contributed by atoms with E-state index in [1.165, 1.54) is 0 Å². The fourth-order valence-electron chi connectivity index (χ4n) is 1.72. The van der Waals surface area contributed by atoms with Gasteiger partial charge < -0.3 is 10.4 Å². The average molecular weight is 221 g/mol. The van der Waals surface area contributed by atoms with E-state index in [1.807, 2.05) is 39.0 Å². The minimum absolute atomic E-state index is 0.320. The second-order valence-electron chi connectivity index (χ2n) is 4.09. The number of carbonyl (C=O) groups is 1. The molecule has 0 aliphatic carbocycles. The first-order valence-electron chi connectivity index (χ1n) is 5.59. The van der Waals surface area contributed by atoms with Crippen LogP contribution in [0.4, 0.5) is 5.69 Å². The molecule has 0 saturated heterocycles. The van der Waals surface area contributed by atoms with Gasteiger partial charge in [-0.25, -0.2) is 0 Å². The lowest BCUT2D eigenvalue weighted by Crippen LogP contribution is -2.22. The van der Waals surface area contributed by atoms with Crippen LogP contribution in [0.25, 0.3) is 0 Å². The molecular weight excluding hydrogens is 202 g/mol. The van der Waals surface area contributed by atoms with Crippen LogP contribution >= 0.6 is 0 Å². The molecule has 1 aromatic rings. The summed E-state index contributed by atoms with van der Waals surface area (Å²) in [6, 6.07) is 6.05. The van der Waals surface area contributed by atoms with Crippen LogP contribution in [0.5, 0.6) is 0 Å². The number of aryl methyl sites for hydroxylation is 2. The van der Waals surface area contributed by atoms with Crippen molar-refractivity contribution in [1.29, 1.82) is 0 Å². The summed E-state index contributed by atoms with van der Waals surface area (Å²) in [6.07, 6.45) is 0.646. The molecule has 3 nitrogen and oxygen atoms in total. The standard InChI is InChI=1S/C13H19NO2/c1-4-11(13(15)16)8-14-12-9(2)6-5-7-10(12)3/h5-7,11,14H,4,8H2,1-3H3,(H,15,16). The van der Waals surface area contributed by atoms with Crippen LogP contribution in [0.15, 0.2) is 18.2 Å². The van der Waals surface area contributed by atoms with Gasteiger partial charge in [0.1, 0.15) is 0 Å². The molecule has 0 radical (unpaired) electrons. The predicted octanol–water partition coefficient (Wildman–Crippen LogP) is 2.83. The van der Waals surface area contributed by atoms with E-state index in [4.69, 9.17) is 5.11 Å². The maximum absolute atomic E-state index is 10.9. The lowest BCUT2D eigenvalue weighted by Gasteiger charge is -2.15. The van der Waals surface area contributed by atoms with Crippen molar-refractivity contribution in [3.8, 4) is 0 Å². The fraction of sp³-hybridized carbons (Fsp3) is 0.462. The Hall–Kier alpha value is -1.51. The summed E-state index contributed by atoms with van der Waals surface area (Å²) in [5.74, 6) is -1.06. The monoisotopic (exact) mass is 221 g/mol. The molecule has 0 amide bonds. The van der Waals surface area contributed by atoms with Crippen LogP contribution in [-0.2, 0) is 4.79 Å². The molecule has 1 atom stereocenters. The van der Waals surface area contributed by atoms with Gasteiger partial charge in [0, 0.05) is 12.2 Å². The minimum Gasteiger partial charge on any atom is -0.481 e. The summed E-state index contributed by atoms with van der Waals surface area (Å²) in [6.45, 7) is 6.43. The van der Waals surface area contributed by atoms with Gasteiger partial charge in [0.25, 0.3) is 0 Å². The highest BCUT2D eigenvalue weighted by Gasteiger charge is 2.15. The first-order valence-corrected chi connectivity index (χ1v) is 5.59. The third kappa shape index (κ3) is 2.99. The molecule has 0 fully saturated rings. The summed E-state index contributed by atoms with van der Waals surface area (Å²) in [5, 5.41) is 12.2. The molecule has 0 bridgehead atoms. The highest BCUT2D eigenvalue weighted by Crippen LogP contribution is 2.20. The number of carboxylic acid groups (broad SMARTS) is 1. The highest BCUT2D eigenvalue weighted by atomic mass is 16.4. The molecule has 88 valence electrons. The molecule has 1 aromatic carbocycles. The third-order valence-corrected chi connectivity index (χ3v) is 2.85. The lowest BCUT2D eigenvalue weighted by molar-refractivity contribution is -0.141. The summed E-state index contributed by atoms with van der Waals surface area (Å²) in [4.78, 5) is 10.9. The van der Waals surface area contributed by atoms with Crippen LogP contribution in [0.1, 0.15) is 24.5 Å². The Morgan fingerprint density at radius 1 is 1.38 bits per heavy atom. The zero-order valence-corrected chi connectivity index (χ0v) is 10.1. The first kappa shape index (κ1) is 12.6. The van der Waals surface area contributed by atoms with Gasteiger partial charge in [-0.2, -0.15) is 0 Å². The van der Waals surface area contributed by atoms with Crippen molar-refractivity contribution in [2.75, 3.05) is 11.9 Å². The summed E-state index contributed by atoms with van der Waals surface area (Å²) >= 11 is 0. The number of hydrogen-bond donors (Lipinski definition) is 2. The van der Waals surface area contributed by atoms with Gasteiger partial charge in [-0.05, 0) is 31.4 Å². The van der Waals surface area contributed by atoms with E-state index in [1.54, 1.807) is 0 Å². The van der Waals surface area contributed by atoms with E-state index in [0.29, 0.717) is 13.0 Å². The SMILES string of the molecule is CCC(CNc1c(C)cccc1C)C(=O)O.